The number of ether oxygens (including phenoxy) is 1. The lowest BCUT2D eigenvalue weighted by atomic mass is 9.97. The van der Waals surface area contributed by atoms with E-state index in [9.17, 15) is 9.59 Å². The van der Waals surface area contributed by atoms with Gasteiger partial charge in [-0.1, -0.05) is 20.4 Å². The molecule has 0 amide bonds. The number of hydrogen-bond donors (Lipinski definition) is 0. The summed E-state index contributed by atoms with van der Waals surface area (Å²) in [6.45, 7) is 9.12. The predicted molar refractivity (Wildman–Crippen MR) is 59.4 cm³/mol. The molecular weight excluding hydrogens is 192 g/mol. The average Bonchev–Trinajstić information content (AvgIpc) is 2.21. The fourth-order valence-corrected chi connectivity index (χ4v) is 1.36. The largest absolute Gasteiger partial charge is 0.459 e. The van der Waals surface area contributed by atoms with Crippen molar-refractivity contribution < 1.29 is 14.3 Å². The summed E-state index contributed by atoms with van der Waals surface area (Å²) >= 11 is 0. The maximum atomic E-state index is 11.3. The molecule has 0 fully saturated rings. The Kier molecular flexibility index (Phi) is 6.67. The van der Waals surface area contributed by atoms with Crippen LogP contribution in [-0.2, 0) is 14.3 Å². The van der Waals surface area contributed by atoms with Gasteiger partial charge in [0.25, 0.3) is 0 Å². The van der Waals surface area contributed by atoms with Gasteiger partial charge in [-0.3, -0.25) is 0 Å². The van der Waals surface area contributed by atoms with Crippen molar-refractivity contribution in [3.8, 4) is 0 Å². The first-order valence-corrected chi connectivity index (χ1v) is 5.33. The summed E-state index contributed by atoms with van der Waals surface area (Å²) in [7, 11) is 0. The first kappa shape index (κ1) is 13.9. The Morgan fingerprint density at radius 3 is 2.53 bits per heavy atom. The van der Waals surface area contributed by atoms with Crippen LogP contribution in [0.3, 0.4) is 0 Å². The third kappa shape index (κ3) is 5.35. The first-order valence-electron chi connectivity index (χ1n) is 5.33. The van der Waals surface area contributed by atoms with Gasteiger partial charge in [0.2, 0.25) is 0 Å². The third-order valence-electron chi connectivity index (χ3n) is 2.38. The van der Waals surface area contributed by atoms with Crippen molar-refractivity contribution in [3.05, 3.63) is 12.2 Å². The fraction of sp³-hybridized carbons (Fsp3) is 0.667. The van der Waals surface area contributed by atoms with Crippen molar-refractivity contribution >= 4 is 12.3 Å². The number of carbonyl (C=O) groups excluding carboxylic acids is 2. The minimum Gasteiger partial charge on any atom is -0.459 e. The number of hydrogen-bond acceptors (Lipinski definition) is 3. The molecule has 0 aliphatic rings. The molecule has 0 aliphatic heterocycles. The van der Waals surface area contributed by atoms with E-state index in [1.807, 2.05) is 13.8 Å². The Bertz CT molecular complexity index is 233. The monoisotopic (exact) mass is 212 g/mol. The van der Waals surface area contributed by atoms with Gasteiger partial charge in [0, 0.05) is 12.0 Å². The zero-order chi connectivity index (χ0) is 11.8. The minimum atomic E-state index is -0.347. The molecule has 0 N–H and O–H groups in total. The molecule has 0 heterocycles. The predicted octanol–water partition coefficient (Wildman–Crippen LogP) is 2.50. The van der Waals surface area contributed by atoms with Gasteiger partial charge < -0.3 is 9.53 Å². The molecule has 0 rings (SSSR count). The highest BCUT2D eigenvalue weighted by atomic mass is 16.5. The third-order valence-corrected chi connectivity index (χ3v) is 2.38. The quantitative estimate of drug-likeness (QED) is 0.370. The topological polar surface area (TPSA) is 43.4 Å². The second-order valence-corrected chi connectivity index (χ2v) is 3.85. The van der Waals surface area contributed by atoms with Gasteiger partial charge >= 0.3 is 5.97 Å². The highest BCUT2D eigenvalue weighted by Crippen LogP contribution is 2.17. The summed E-state index contributed by atoms with van der Waals surface area (Å²) in [6, 6.07) is 0. The van der Waals surface area contributed by atoms with Gasteiger partial charge in [0.1, 0.15) is 12.4 Å². The van der Waals surface area contributed by atoms with Crippen LogP contribution in [0.5, 0.6) is 0 Å². The summed E-state index contributed by atoms with van der Waals surface area (Å²) in [5, 5.41) is 0. The molecule has 0 saturated carbocycles. The van der Waals surface area contributed by atoms with Crippen molar-refractivity contribution in [1.29, 1.82) is 0 Å². The number of carbonyl (C=O) groups is 2. The Morgan fingerprint density at radius 1 is 1.53 bits per heavy atom. The second-order valence-electron chi connectivity index (χ2n) is 3.85. The normalized spacial score (nSPS) is 14.1. The molecule has 0 saturated heterocycles. The van der Waals surface area contributed by atoms with Crippen LogP contribution in [0.25, 0.3) is 0 Å². The standard InChI is InChI=1S/C12H20O3/c1-5-11(10(4)7-6-8-13)15-12(14)9(2)3/h8,10-11H,2,5-7H2,1,3-4H3. The van der Waals surface area contributed by atoms with Crippen LogP contribution in [-0.4, -0.2) is 18.4 Å². The van der Waals surface area contributed by atoms with Crippen LogP contribution in [0.15, 0.2) is 12.2 Å². The van der Waals surface area contributed by atoms with Crippen LogP contribution in [0, 0.1) is 5.92 Å². The molecule has 3 heteroatoms. The van der Waals surface area contributed by atoms with Crippen LogP contribution >= 0.6 is 0 Å². The molecule has 3 nitrogen and oxygen atoms in total. The van der Waals surface area contributed by atoms with Crippen LogP contribution in [0.1, 0.15) is 40.0 Å². The number of rotatable bonds is 7. The zero-order valence-electron chi connectivity index (χ0n) is 9.79. The van der Waals surface area contributed by atoms with Crippen LogP contribution in [0.4, 0.5) is 0 Å². The van der Waals surface area contributed by atoms with E-state index in [2.05, 4.69) is 6.58 Å². The molecule has 0 aromatic carbocycles. The smallest absolute Gasteiger partial charge is 0.333 e. The molecule has 0 aromatic heterocycles. The van der Waals surface area contributed by atoms with E-state index in [0.29, 0.717) is 12.0 Å². The van der Waals surface area contributed by atoms with Gasteiger partial charge in [0.15, 0.2) is 0 Å². The van der Waals surface area contributed by atoms with E-state index in [1.165, 1.54) is 0 Å². The minimum absolute atomic E-state index is 0.117. The van der Waals surface area contributed by atoms with Crippen molar-refractivity contribution in [3.63, 3.8) is 0 Å². The van der Waals surface area contributed by atoms with Crippen LogP contribution in [0.2, 0.25) is 0 Å². The van der Waals surface area contributed by atoms with E-state index >= 15 is 0 Å². The van der Waals surface area contributed by atoms with Crippen LogP contribution < -0.4 is 0 Å². The molecule has 0 spiro atoms. The number of esters is 1. The Labute approximate surface area is 91.5 Å². The summed E-state index contributed by atoms with van der Waals surface area (Å²) in [6.07, 6.45) is 2.81. The van der Waals surface area contributed by atoms with E-state index in [4.69, 9.17) is 4.74 Å². The highest BCUT2D eigenvalue weighted by Gasteiger charge is 2.19. The van der Waals surface area contributed by atoms with E-state index in [0.717, 1.165) is 19.1 Å². The lowest BCUT2D eigenvalue weighted by Crippen LogP contribution is -2.25. The molecule has 15 heavy (non-hydrogen) atoms. The summed E-state index contributed by atoms with van der Waals surface area (Å²) in [5.74, 6) is -0.136. The SMILES string of the molecule is C=C(C)C(=O)OC(CC)C(C)CCC=O. The molecule has 0 aromatic rings. The Morgan fingerprint density at radius 2 is 2.13 bits per heavy atom. The van der Waals surface area contributed by atoms with E-state index in [-0.39, 0.29) is 18.0 Å². The molecule has 0 aliphatic carbocycles. The zero-order valence-corrected chi connectivity index (χ0v) is 9.79. The molecule has 2 unspecified atom stereocenters. The lowest BCUT2D eigenvalue weighted by Gasteiger charge is -2.22. The molecule has 0 bridgehead atoms. The molecule has 0 radical (unpaired) electrons. The van der Waals surface area contributed by atoms with E-state index < -0.39 is 0 Å². The van der Waals surface area contributed by atoms with Gasteiger partial charge in [-0.25, -0.2) is 4.79 Å². The summed E-state index contributed by atoms with van der Waals surface area (Å²) in [5.41, 5.74) is 0.413. The fourth-order valence-electron chi connectivity index (χ4n) is 1.36. The lowest BCUT2D eigenvalue weighted by molar-refractivity contribution is -0.147. The maximum absolute atomic E-state index is 11.3. The van der Waals surface area contributed by atoms with Crippen molar-refractivity contribution in [1.82, 2.24) is 0 Å². The maximum Gasteiger partial charge on any atom is 0.333 e. The average molecular weight is 212 g/mol. The first-order chi connectivity index (χ1) is 7.02. The van der Waals surface area contributed by atoms with Crippen molar-refractivity contribution in [2.75, 3.05) is 0 Å². The molecular formula is C12H20O3. The van der Waals surface area contributed by atoms with Gasteiger partial charge in [-0.15, -0.1) is 0 Å². The Balaban J connectivity index is 4.16. The van der Waals surface area contributed by atoms with Crippen molar-refractivity contribution in [2.45, 2.75) is 46.1 Å². The van der Waals surface area contributed by atoms with E-state index in [1.54, 1.807) is 6.92 Å². The Hall–Kier alpha value is -1.12. The summed E-state index contributed by atoms with van der Waals surface area (Å²) in [4.78, 5) is 21.5. The number of aldehydes is 1. The van der Waals surface area contributed by atoms with Crippen molar-refractivity contribution in [2.24, 2.45) is 5.92 Å². The van der Waals surface area contributed by atoms with Gasteiger partial charge in [0.05, 0.1) is 0 Å². The van der Waals surface area contributed by atoms with Gasteiger partial charge in [-0.2, -0.15) is 0 Å². The summed E-state index contributed by atoms with van der Waals surface area (Å²) < 4.78 is 5.27. The molecule has 2 atom stereocenters. The van der Waals surface area contributed by atoms with Gasteiger partial charge in [-0.05, 0) is 25.7 Å². The molecule has 86 valence electrons. The second kappa shape index (κ2) is 7.21. The highest BCUT2D eigenvalue weighted by molar-refractivity contribution is 5.87.